The van der Waals surface area contributed by atoms with Crippen molar-refractivity contribution in [3.8, 4) is 16.9 Å². The first kappa shape index (κ1) is 22.5. The van der Waals surface area contributed by atoms with Crippen LogP contribution in [0.5, 0.6) is 5.75 Å². The van der Waals surface area contributed by atoms with E-state index in [9.17, 15) is 4.79 Å². The number of ether oxygens (including phenoxy) is 1. The third-order valence-corrected chi connectivity index (χ3v) is 6.62. The van der Waals surface area contributed by atoms with Gasteiger partial charge in [-0.25, -0.2) is 4.98 Å². The molecule has 3 rings (SSSR count). The Kier molecular flexibility index (Phi) is 8.08. The van der Waals surface area contributed by atoms with Crippen LogP contribution in [-0.2, 0) is 6.54 Å². The van der Waals surface area contributed by atoms with Crippen LogP contribution in [0.3, 0.4) is 0 Å². The van der Waals surface area contributed by atoms with E-state index in [-0.39, 0.29) is 5.56 Å². The van der Waals surface area contributed by atoms with Crippen LogP contribution in [0.25, 0.3) is 21.3 Å². The average Bonchev–Trinajstić information content (AvgIpc) is 3.06. The van der Waals surface area contributed by atoms with Gasteiger partial charge in [0, 0.05) is 17.0 Å². The van der Waals surface area contributed by atoms with Crippen LogP contribution in [0.4, 0.5) is 0 Å². The summed E-state index contributed by atoms with van der Waals surface area (Å²) in [5.41, 5.74) is 2.16. The number of thiophene rings is 1. The highest BCUT2D eigenvalue weighted by molar-refractivity contribution is 7.19. The fraction of sp³-hybridized carbons (Fsp3) is 0.520. The smallest absolute Gasteiger partial charge is 0.262 e. The van der Waals surface area contributed by atoms with Crippen molar-refractivity contribution in [2.24, 2.45) is 0 Å². The first-order valence-electron chi connectivity index (χ1n) is 11.3. The summed E-state index contributed by atoms with van der Waals surface area (Å²) in [6, 6.07) is 8.03. The first-order valence-corrected chi connectivity index (χ1v) is 12.1. The van der Waals surface area contributed by atoms with Gasteiger partial charge in [-0.2, -0.15) is 0 Å². The van der Waals surface area contributed by atoms with Gasteiger partial charge in [0.05, 0.1) is 12.0 Å². The lowest BCUT2D eigenvalue weighted by molar-refractivity contribution is 0.340. The van der Waals surface area contributed by atoms with Gasteiger partial charge in [0.15, 0.2) is 0 Å². The van der Waals surface area contributed by atoms with Crippen molar-refractivity contribution < 1.29 is 4.74 Å². The summed E-state index contributed by atoms with van der Waals surface area (Å²) in [6.45, 7) is 9.64. The first-order chi connectivity index (χ1) is 14.6. The summed E-state index contributed by atoms with van der Waals surface area (Å²) in [7, 11) is 0. The summed E-state index contributed by atoms with van der Waals surface area (Å²) in [4.78, 5) is 20.2. The molecule has 0 fully saturated rings. The van der Waals surface area contributed by atoms with E-state index < -0.39 is 0 Å². The summed E-state index contributed by atoms with van der Waals surface area (Å²) >= 11 is 1.61. The molecule has 0 saturated heterocycles. The number of rotatable bonds is 11. The molecule has 0 bridgehead atoms. The van der Waals surface area contributed by atoms with E-state index in [2.05, 4.69) is 13.8 Å². The molecule has 0 saturated carbocycles. The van der Waals surface area contributed by atoms with E-state index in [1.54, 1.807) is 11.3 Å². The van der Waals surface area contributed by atoms with Crippen molar-refractivity contribution >= 4 is 21.6 Å². The van der Waals surface area contributed by atoms with Crippen LogP contribution in [-0.4, -0.2) is 16.2 Å². The zero-order chi connectivity index (χ0) is 21.5. The molecule has 162 valence electrons. The standard InChI is InChI=1S/C25H34N2O2S/c1-5-7-8-9-10-11-12-17-27-19(4)26-24-23(25(27)28)22(18(3)30-24)20-13-15-21(16-14-20)29-6-2/h13-16H,5-12,17H2,1-4H3. The predicted octanol–water partition coefficient (Wildman–Crippen LogP) is 6.89. The summed E-state index contributed by atoms with van der Waals surface area (Å²) in [6.07, 6.45) is 8.66. The van der Waals surface area contributed by atoms with Gasteiger partial charge in [-0.05, 0) is 44.9 Å². The molecule has 2 heterocycles. The van der Waals surface area contributed by atoms with Crippen LogP contribution in [0.2, 0.25) is 0 Å². The van der Waals surface area contributed by atoms with Crippen molar-refractivity contribution in [3.05, 3.63) is 45.3 Å². The molecule has 0 unspecified atom stereocenters. The Bertz CT molecular complexity index is 1020. The van der Waals surface area contributed by atoms with Crippen LogP contribution < -0.4 is 10.3 Å². The molecule has 3 aromatic rings. The Hall–Kier alpha value is -2.14. The second-order valence-electron chi connectivity index (χ2n) is 7.91. The van der Waals surface area contributed by atoms with Gasteiger partial charge in [0.1, 0.15) is 16.4 Å². The average molecular weight is 427 g/mol. The maximum Gasteiger partial charge on any atom is 0.262 e. The summed E-state index contributed by atoms with van der Waals surface area (Å²) in [5, 5.41) is 0.759. The molecule has 4 nitrogen and oxygen atoms in total. The van der Waals surface area contributed by atoms with E-state index >= 15 is 0 Å². The third-order valence-electron chi connectivity index (χ3n) is 5.62. The predicted molar refractivity (Wildman–Crippen MR) is 128 cm³/mol. The van der Waals surface area contributed by atoms with E-state index in [1.807, 2.05) is 42.7 Å². The van der Waals surface area contributed by atoms with Crippen LogP contribution in [0.1, 0.15) is 69.5 Å². The topological polar surface area (TPSA) is 44.1 Å². The largest absolute Gasteiger partial charge is 0.494 e. The molecule has 0 N–H and O–H groups in total. The van der Waals surface area contributed by atoms with Crippen molar-refractivity contribution in [1.29, 1.82) is 0 Å². The third kappa shape index (κ3) is 5.12. The van der Waals surface area contributed by atoms with Crippen molar-refractivity contribution in [2.75, 3.05) is 6.61 Å². The minimum atomic E-state index is 0.0942. The molecular weight excluding hydrogens is 392 g/mol. The van der Waals surface area contributed by atoms with Gasteiger partial charge >= 0.3 is 0 Å². The van der Waals surface area contributed by atoms with Crippen LogP contribution in [0.15, 0.2) is 29.1 Å². The lowest BCUT2D eigenvalue weighted by Crippen LogP contribution is -2.23. The number of nitrogens with zero attached hydrogens (tertiary/aromatic N) is 2. The number of aromatic nitrogens is 2. The number of aryl methyl sites for hydroxylation is 2. The number of unbranched alkanes of at least 4 members (excludes halogenated alkanes) is 6. The summed E-state index contributed by atoms with van der Waals surface area (Å²) < 4.78 is 7.44. The highest BCUT2D eigenvalue weighted by Gasteiger charge is 2.18. The quantitative estimate of drug-likeness (QED) is 0.314. The van der Waals surface area contributed by atoms with E-state index in [0.29, 0.717) is 6.61 Å². The molecule has 30 heavy (non-hydrogen) atoms. The lowest BCUT2D eigenvalue weighted by Gasteiger charge is -2.10. The Morgan fingerprint density at radius 1 is 0.967 bits per heavy atom. The van der Waals surface area contributed by atoms with E-state index in [1.165, 1.54) is 38.5 Å². The van der Waals surface area contributed by atoms with Gasteiger partial charge in [0.25, 0.3) is 5.56 Å². The molecule has 0 spiro atoms. The van der Waals surface area contributed by atoms with Crippen LogP contribution in [0, 0.1) is 13.8 Å². The molecule has 5 heteroatoms. The number of hydrogen-bond donors (Lipinski definition) is 0. The van der Waals surface area contributed by atoms with Gasteiger partial charge < -0.3 is 4.74 Å². The molecule has 0 amide bonds. The highest BCUT2D eigenvalue weighted by atomic mass is 32.1. The van der Waals surface area contributed by atoms with Gasteiger partial charge in [-0.1, -0.05) is 57.6 Å². The van der Waals surface area contributed by atoms with Gasteiger partial charge in [0.2, 0.25) is 0 Å². The molecule has 0 aliphatic rings. The fourth-order valence-electron chi connectivity index (χ4n) is 4.02. The SMILES string of the molecule is CCCCCCCCCn1c(C)nc2sc(C)c(-c3ccc(OCC)cc3)c2c1=O. The van der Waals surface area contributed by atoms with Crippen molar-refractivity contribution in [1.82, 2.24) is 9.55 Å². The van der Waals surface area contributed by atoms with Crippen molar-refractivity contribution in [2.45, 2.75) is 79.2 Å². The maximum absolute atomic E-state index is 13.4. The van der Waals surface area contributed by atoms with E-state index in [0.717, 1.165) is 50.8 Å². The molecule has 1 aromatic carbocycles. The molecular formula is C25H34N2O2S. The van der Waals surface area contributed by atoms with Crippen LogP contribution >= 0.6 is 11.3 Å². The fourth-order valence-corrected chi connectivity index (χ4v) is 5.10. The number of fused-ring (bicyclic) bond motifs is 1. The minimum absolute atomic E-state index is 0.0942. The second kappa shape index (κ2) is 10.8. The second-order valence-corrected chi connectivity index (χ2v) is 9.11. The minimum Gasteiger partial charge on any atom is -0.494 e. The highest BCUT2D eigenvalue weighted by Crippen LogP contribution is 2.36. The number of hydrogen-bond acceptors (Lipinski definition) is 4. The summed E-state index contributed by atoms with van der Waals surface area (Å²) in [5.74, 6) is 1.67. The monoisotopic (exact) mass is 426 g/mol. The van der Waals surface area contributed by atoms with E-state index in [4.69, 9.17) is 9.72 Å². The Labute approximate surface area is 183 Å². The Balaban J connectivity index is 1.84. The molecule has 0 aliphatic carbocycles. The Morgan fingerprint density at radius 2 is 1.63 bits per heavy atom. The lowest BCUT2D eigenvalue weighted by atomic mass is 10.0. The molecule has 0 radical (unpaired) electrons. The Morgan fingerprint density at radius 3 is 2.30 bits per heavy atom. The maximum atomic E-state index is 13.4. The normalized spacial score (nSPS) is 11.3. The molecule has 2 aromatic heterocycles. The molecule has 0 atom stereocenters. The zero-order valence-electron chi connectivity index (χ0n) is 18.8. The van der Waals surface area contributed by atoms with Gasteiger partial charge in [-0.15, -0.1) is 11.3 Å². The van der Waals surface area contributed by atoms with Gasteiger partial charge in [-0.3, -0.25) is 9.36 Å². The zero-order valence-corrected chi connectivity index (χ0v) is 19.6. The van der Waals surface area contributed by atoms with Crippen molar-refractivity contribution in [3.63, 3.8) is 0 Å². The molecule has 0 aliphatic heterocycles. The number of benzene rings is 1.